The number of nitrogens with zero attached hydrogens (tertiary/aromatic N) is 3. The number of rotatable bonds is 17. The first kappa shape index (κ1) is 41.5. The van der Waals surface area contributed by atoms with Crippen molar-refractivity contribution in [1.82, 2.24) is 14.9 Å². The minimum Gasteiger partial charge on any atom is -0.492 e. The first-order valence-electron chi connectivity index (χ1n) is 20.5. The maximum atomic E-state index is 14.8. The Labute approximate surface area is 344 Å². The highest BCUT2D eigenvalue weighted by Gasteiger charge is 2.61. The summed E-state index contributed by atoms with van der Waals surface area (Å²) in [6.45, 7) is 15.9. The van der Waals surface area contributed by atoms with Crippen molar-refractivity contribution in [3.05, 3.63) is 42.1 Å². The molecule has 1 aliphatic heterocycles. The number of oxazole rings is 1. The summed E-state index contributed by atoms with van der Waals surface area (Å²) in [5.41, 5.74) is -0.696. The van der Waals surface area contributed by atoms with Crippen LogP contribution in [0.15, 0.2) is 41.5 Å². The zero-order valence-corrected chi connectivity index (χ0v) is 35.0. The van der Waals surface area contributed by atoms with Crippen molar-refractivity contribution in [2.45, 2.75) is 117 Å². The minimum atomic E-state index is -1.27. The second-order valence-corrected chi connectivity index (χ2v) is 18.4. The summed E-state index contributed by atoms with van der Waals surface area (Å²) in [6.07, 6.45) is 5.91. The Kier molecular flexibility index (Phi) is 11.6. The lowest BCUT2D eigenvalue weighted by molar-refractivity contribution is -0.157. The van der Waals surface area contributed by atoms with Crippen molar-refractivity contribution < 1.29 is 42.9 Å². The Morgan fingerprint density at radius 3 is 2.47 bits per heavy atom. The van der Waals surface area contributed by atoms with Crippen LogP contribution >= 0.6 is 11.6 Å². The summed E-state index contributed by atoms with van der Waals surface area (Å²) in [7, 11) is 0. The number of aliphatic carboxylic acids is 1. The third-order valence-corrected chi connectivity index (χ3v) is 12.6. The Bertz CT molecular complexity index is 2080. The van der Waals surface area contributed by atoms with Gasteiger partial charge >= 0.3 is 11.9 Å². The van der Waals surface area contributed by atoms with E-state index in [1.54, 1.807) is 18.2 Å². The summed E-state index contributed by atoms with van der Waals surface area (Å²) in [6, 6.07) is 4.68. The highest BCUT2D eigenvalue weighted by molar-refractivity contribution is 6.36. The van der Waals surface area contributed by atoms with Crippen LogP contribution in [0.25, 0.3) is 22.3 Å². The van der Waals surface area contributed by atoms with Gasteiger partial charge in [-0.05, 0) is 81.3 Å². The topological polar surface area (TPSA) is 170 Å². The van der Waals surface area contributed by atoms with Gasteiger partial charge in [0.1, 0.15) is 40.7 Å². The summed E-state index contributed by atoms with van der Waals surface area (Å²) in [5.74, 6) is -1.31. The van der Waals surface area contributed by atoms with E-state index in [4.69, 9.17) is 35.2 Å². The van der Waals surface area contributed by atoms with Gasteiger partial charge in [0.05, 0.1) is 48.2 Å². The van der Waals surface area contributed by atoms with Crippen LogP contribution in [0.2, 0.25) is 5.02 Å². The molecule has 3 saturated carbocycles. The van der Waals surface area contributed by atoms with Crippen molar-refractivity contribution in [3.8, 4) is 22.9 Å². The van der Waals surface area contributed by atoms with Crippen LogP contribution in [-0.4, -0.2) is 81.0 Å². The van der Waals surface area contributed by atoms with E-state index in [-0.39, 0.29) is 60.6 Å². The van der Waals surface area contributed by atoms with Gasteiger partial charge in [-0.1, -0.05) is 45.4 Å². The number of anilines is 1. The van der Waals surface area contributed by atoms with E-state index in [0.717, 1.165) is 19.3 Å². The molecule has 8 atom stereocenters. The van der Waals surface area contributed by atoms with Gasteiger partial charge in [0.2, 0.25) is 5.91 Å². The molecule has 1 saturated heterocycles. The van der Waals surface area contributed by atoms with Gasteiger partial charge in [-0.15, -0.1) is 6.58 Å². The van der Waals surface area contributed by atoms with Gasteiger partial charge < -0.3 is 34.0 Å². The van der Waals surface area contributed by atoms with E-state index in [9.17, 15) is 24.3 Å². The van der Waals surface area contributed by atoms with E-state index >= 15 is 0 Å². The van der Waals surface area contributed by atoms with Crippen molar-refractivity contribution in [2.75, 3.05) is 18.5 Å². The van der Waals surface area contributed by atoms with E-state index in [1.807, 2.05) is 47.6 Å². The quantitative estimate of drug-likeness (QED) is 0.0992. The van der Waals surface area contributed by atoms with Crippen LogP contribution in [0.1, 0.15) is 92.9 Å². The van der Waals surface area contributed by atoms with Crippen LogP contribution in [-0.2, 0) is 23.9 Å². The normalized spacial score (nSPS) is 26.6. The number of amides is 1. The molecule has 0 spiro atoms. The number of aromatic nitrogens is 2. The summed E-state index contributed by atoms with van der Waals surface area (Å²) < 4.78 is 24.2. The fourth-order valence-corrected chi connectivity index (χ4v) is 9.05. The number of hydrogen-bond acceptors (Lipinski definition) is 11. The number of benzene rings is 1. The second kappa shape index (κ2) is 16.2. The van der Waals surface area contributed by atoms with Crippen LogP contribution < -0.4 is 14.8 Å². The largest absolute Gasteiger partial charge is 0.492 e. The first-order chi connectivity index (χ1) is 27.5. The number of carboxylic acid groups (broad SMARTS) is 1. The molecule has 58 heavy (non-hydrogen) atoms. The SMILES string of the molecule is C=C[C@@H]1C[C@]1(CC(=O)[C@@H]1C[C@H](Oc2cc(-c3coc(NC(C)C)n3)nc3c(Cl)c(OCCC)ccc23)CN1C(=O)[C@@H](CC(=O)OC1C[C@@H]2C[C@@H]2C1)C(C)(C)C)C(=O)O. The Morgan fingerprint density at radius 1 is 1.09 bits per heavy atom. The predicted octanol–water partition coefficient (Wildman–Crippen LogP) is 8.13. The molecule has 0 radical (unpaired) electrons. The Balaban J connectivity index is 1.21. The molecule has 3 heterocycles. The van der Waals surface area contributed by atoms with Gasteiger partial charge in [-0.2, -0.15) is 4.98 Å². The molecule has 3 aromatic rings. The number of likely N-dealkylation sites (tertiary alicyclic amines) is 1. The number of carbonyl (C=O) groups excluding carboxylic acids is 3. The number of ketones is 1. The fraction of sp³-hybridized carbons (Fsp3) is 0.591. The number of nitrogens with one attached hydrogen (secondary N) is 1. The average molecular weight is 819 g/mol. The third kappa shape index (κ3) is 8.56. The molecule has 4 fully saturated rings. The lowest BCUT2D eigenvalue weighted by Crippen LogP contribution is -2.48. The molecule has 2 N–H and O–H groups in total. The smallest absolute Gasteiger partial charge is 0.310 e. The van der Waals surface area contributed by atoms with Crippen LogP contribution in [0, 0.1) is 34.5 Å². The van der Waals surface area contributed by atoms with Crippen molar-refractivity contribution in [1.29, 1.82) is 0 Å². The maximum absolute atomic E-state index is 14.8. The summed E-state index contributed by atoms with van der Waals surface area (Å²) >= 11 is 6.94. The number of pyridine rings is 1. The number of carboxylic acids is 1. The number of Topliss-reactive ketones (excluding diaryl/α,β-unsaturated/α-hetero) is 1. The molecule has 3 aliphatic carbocycles. The summed E-state index contributed by atoms with van der Waals surface area (Å²) in [5, 5.41) is 14.2. The number of esters is 1. The maximum Gasteiger partial charge on any atom is 0.310 e. The first-order valence-corrected chi connectivity index (χ1v) is 20.9. The molecular formula is C44H55ClN4O9. The third-order valence-electron chi connectivity index (χ3n) is 12.2. The van der Waals surface area contributed by atoms with Crippen LogP contribution in [0.5, 0.6) is 11.5 Å². The van der Waals surface area contributed by atoms with Gasteiger partial charge in [0.15, 0.2) is 5.78 Å². The second-order valence-electron chi connectivity index (χ2n) is 18.1. The Morgan fingerprint density at radius 2 is 1.83 bits per heavy atom. The van der Waals surface area contributed by atoms with Gasteiger partial charge in [0.25, 0.3) is 6.01 Å². The highest BCUT2D eigenvalue weighted by Crippen LogP contribution is 2.57. The van der Waals surface area contributed by atoms with Gasteiger partial charge in [-0.25, -0.2) is 4.98 Å². The van der Waals surface area contributed by atoms with E-state index in [1.165, 1.54) is 17.6 Å². The van der Waals surface area contributed by atoms with E-state index in [2.05, 4.69) is 16.9 Å². The average Bonchev–Trinajstić information content (AvgIpc) is 3.83. The lowest BCUT2D eigenvalue weighted by Gasteiger charge is -2.35. The predicted molar refractivity (Wildman–Crippen MR) is 218 cm³/mol. The number of carbonyl (C=O) groups is 4. The molecule has 312 valence electrons. The zero-order valence-electron chi connectivity index (χ0n) is 34.2. The minimum absolute atomic E-state index is 0.0187. The van der Waals surface area contributed by atoms with Crippen LogP contribution in [0.4, 0.5) is 6.01 Å². The lowest BCUT2D eigenvalue weighted by atomic mass is 9.77. The number of ether oxygens (including phenoxy) is 3. The molecule has 0 bridgehead atoms. The number of allylic oxidation sites excluding steroid dienone is 1. The van der Waals surface area contributed by atoms with E-state index < -0.39 is 40.8 Å². The van der Waals surface area contributed by atoms with Gasteiger partial charge in [-0.3, -0.25) is 19.2 Å². The molecule has 1 unspecified atom stereocenters. The van der Waals surface area contributed by atoms with Crippen LogP contribution in [0.3, 0.4) is 0 Å². The molecular weight excluding hydrogens is 764 g/mol. The standard InChI is InChI=1S/C44H55ClN4O9/c1-8-12-55-35-11-10-29-36(18-31(47-39(29)38(35)45)32-22-56-42(48-32)46-23(3)4)57-28-16-33(34(50)20-44(41(53)54)19-26(44)9-2)49(21-28)40(52)30(43(5,6)7)17-37(51)58-27-14-24-13-25(24)15-27/h9-11,18,22-28,30,33H,2,8,12-17,19-21H2,1,3-7H3,(H,46,48)(H,53,54)/t24-,25+,26-,27?,28+,30-,33+,44-/m1/s1. The molecule has 2 aromatic heterocycles. The highest BCUT2D eigenvalue weighted by atomic mass is 35.5. The number of hydrogen-bond donors (Lipinski definition) is 2. The van der Waals surface area contributed by atoms with Gasteiger partial charge in [0, 0.05) is 30.3 Å². The molecule has 14 heteroatoms. The molecule has 7 rings (SSSR count). The van der Waals surface area contributed by atoms with E-state index in [0.29, 0.717) is 64.7 Å². The molecule has 13 nitrogen and oxygen atoms in total. The number of fused-ring (bicyclic) bond motifs is 2. The Hall–Kier alpha value is -4.65. The number of halogens is 1. The monoisotopic (exact) mass is 818 g/mol. The van der Waals surface area contributed by atoms with Crippen molar-refractivity contribution >= 4 is 52.1 Å². The molecule has 4 aliphatic rings. The zero-order chi connectivity index (χ0) is 41.7. The van der Waals surface area contributed by atoms with Crippen molar-refractivity contribution in [2.24, 2.45) is 34.5 Å². The van der Waals surface area contributed by atoms with Crippen molar-refractivity contribution in [3.63, 3.8) is 0 Å². The summed E-state index contributed by atoms with van der Waals surface area (Å²) in [4.78, 5) is 65.9. The molecule has 1 amide bonds. The fourth-order valence-electron chi connectivity index (χ4n) is 8.79. The molecule has 1 aromatic carbocycles.